The van der Waals surface area contributed by atoms with Gasteiger partial charge in [-0.2, -0.15) is 8.78 Å². The van der Waals surface area contributed by atoms with Crippen molar-refractivity contribution in [2.75, 3.05) is 33.3 Å². The molecule has 0 amide bonds. The molecule has 1 N–H and O–H groups in total. The highest BCUT2D eigenvalue weighted by molar-refractivity contribution is 5.33. The lowest BCUT2D eigenvalue weighted by Crippen LogP contribution is -2.44. The molecule has 112 valence electrons. The van der Waals surface area contributed by atoms with Crippen molar-refractivity contribution >= 4 is 0 Å². The van der Waals surface area contributed by atoms with Crippen LogP contribution in [0.25, 0.3) is 0 Å². The number of benzene rings is 1. The van der Waals surface area contributed by atoms with Crippen LogP contribution in [-0.2, 0) is 11.3 Å². The molecule has 1 aliphatic rings. The predicted molar refractivity (Wildman–Crippen MR) is 72.0 cm³/mol. The predicted octanol–water partition coefficient (Wildman–Crippen LogP) is 1.71. The summed E-state index contributed by atoms with van der Waals surface area (Å²) in [5.74, 6) is 0.233. The average molecular weight is 286 g/mol. The third-order valence-electron chi connectivity index (χ3n) is 3.15. The Balaban J connectivity index is 1.91. The quantitative estimate of drug-likeness (QED) is 0.863. The molecule has 0 aromatic heterocycles. The molecule has 0 saturated carbocycles. The standard InChI is InChI=1S/C14H20F2N2O2/c1-18(10-12-8-17-6-7-19-12)9-11-4-2-3-5-13(11)20-14(15)16/h2-5,12,14,17H,6-10H2,1H3. The van der Waals surface area contributed by atoms with E-state index in [1.165, 1.54) is 0 Å². The van der Waals surface area contributed by atoms with E-state index in [2.05, 4.69) is 10.1 Å². The second-order valence-electron chi connectivity index (χ2n) is 4.88. The maximum Gasteiger partial charge on any atom is 0.387 e. The van der Waals surface area contributed by atoms with E-state index >= 15 is 0 Å². The van der Waals surface area contributed by atoms with Gasteiger partial charge in [-0.05, 0) is 13.1 Å². The molecule has 1 aromatic carbocycles. The minimum atomic E-state index is -2.80. The third-order valence-corrected chi connectivity index (χ3v) is 3.15. The number of halogens is 2. The Morgan fingerprint density at radius 2 is 2.25 bits per heavy atom. The van der Waals surface area contributed by atoms with Crippen molar-refractivity contribution in [2.24, 2.45) is 0 Å². The van der Waals surface area contributed by atoms with Crippen LogP contribution in [0, 0.1) is 0 Å². The van der Waals surface area contributed by atoms with E-state index in [1.54, 1.807) is 18.2 Å². The Labute approximate surface area is 117 Å². The topological polar surface area (TPSA) is 33.7 Å². The Morgan fingerprint density at radius 3 is 2.95 bits per heavy atom. The fourth-order valence-corrected chi connectivity index (χ4v) is 2.29. The zero-order valence-corrected chi connectivity index (χ0v) is 11.5. The average Bonchev–Trinajstić information content (AvgIpc) is 2.41. The Hall–Kier alpha value is -1.24. The number of hydrogen-bond donors (Lipinski definition) is 1. The molecule has 1 unspecified atom stereocenters. The largest absolute Gasteiger partial charge is 0.434 e. The second-order valence-corrected chi connectivity index (χ2v) is 4.88. The third kappa shape index (κ3) is 4.70. The van der Waals surface area contributed by atoms with Crippen LogP contribution in [-0.4, -0.2) is 50.9 Å². The first kappa shape index (κ1) is 15.2. The van der Waals surface area contributed by atoms with Crippen LogP contribution in [0.4, 0.5) is 8.78 Å². The molecule has 0 bridgehead atoms. The molecule has 1 atom stereocenters. The fourth-order valence-electron chi connectivity index (χ4n) is 2.29. The van der Waals surface area contributed by atoms with E-state index in [4.69, 9.17) is 4.74 Å². The maximum absolute atomic E-state index is 12.3. The van der Waals surface area contributed by atoms with Crippen molar-refractivity contribution in [3.8, 4) is 5.75 Å². The molecule has 1 aromatic rings. The number of morpholine rings is 1. The summed E-state index contributed by atoms with van der Waals surface area (Å²) in [6.45, 7) is 0.903. The van der Waals surface area contributed by atoms with Gasteiger partial charge in [0, 0.05) is 31.7 Å². The number of alkyl halides is 2. The maximum atomic E-state index is 12.3. The minimum absolute atomic E-state index is 0.136. The molecule has 6 heteroatoms. The smallest absolute Gasteiger partial charge is 0.387 e. The summed E-state index contributed by atoms with van der Waals surface area (Å²) in [7, 11) is 1.94. The fraction of sp³-hybridized carbons (Fsp3) is 0.571. The molecule has 0 aliphatic carbocycles. The van der Waals surface area contributed by atoms with Crippen molar-refractivity contribution in [1.82, 2.24) is 10.2 Å². The summed E-state index contributed by atoms with van der Waals surface area (Å²) in [5, 5.41) is 3.27. The summed E-state index contributed by atoms with van der Waals surface area (Å²) >= 11 is 0. The second kappa shape index (κ2) is 7.52. The van der Waals surface area contributed by atoms with Crippen LogP contribution in [0.5, 0.6) is 5.75 Å². The van der Waals surface area contributed by atoms with E-state index < -0.39 is 6.61 Å². The monoisotopic (exact) mass is 286 g/mol. The molecule has 1 fully saturated rings. The first-order chi connectivity index (χ1) is 9.65. The molecule has 20 heavy (non-hydrogen) atoms. The zero-order valence-electron chi connectivity index (χ0n) is 11.5. The zero-order chi connectivity index (χ0) is 14.4. The Morgan fingerprint density at radius 1 is 1.45 bits per heavy atom. The van der Waals surface area contributed by atoms with Gasteiger partial charge in [0.15, 0.2) is 0 Å². The van der Waals surface area contributed by atoms with Gasteiger partial charge in [0.1, 0.15) is 5.75 Å². The first-order valence-electron chi connectivity index (χ1n) is 6.68. The highest BCUT2D eigenvalue weighted by atomic mass is 19.3. The van der Waals surface area contributed by atoms with E-state index in [1.807, 2.05) is 18.0 Å². The van der Waals surface area contributed by atoms with Gasteiger partial charge in [-0.15, -0.1) is 0 Å². The van der Waals surface area contributed by atoms with E-state index in [0.717, 1.165) is 25.2 Å². The molecule has 1 heterocycles. The number of nitrogens with one attached hydrogen (secondary N) is 1. The van der Waals surface area contributed by atoms with Crippen LogP contribution in [0.15, 0.2) is 24.3 Å². The van der Waals surface area contributed by atoms with Crippen molar-refractivity contribution in [3.05, 3.63) is 29.8 Å². The molecule has 1 saturated heterocycles. The van der Waals surface area contributed by atoms with Gasteiger partial charge >= 0.3 is 6.61 Å². The SMILES string of the molecule is CN(Cc1ccccc1OC(F)F)CC1CNCCO1. The normalized spacial score (nSPS) is 19.6. The van der Waals surface area contributed by atoms with Crippen molar-refractivity contribution in [1.29, 1.82) is 0 Å². The number of nitrogens with zero attached hydrogens (tertiary/aromatic N) is 1. The number of hydrogen-bond acceptors (Lipinski definition) is 4. The van der Waals surface area contributed by atoms with Crippen molar-refractivity contribution in [3.63, 3.8) is 0 Å². The van der Waals surface area contributed by atoms with E-state index in [9.17, 15) is 8.78 Å². The summed E-state index contributed by atoms with van der Waals surface area (Å²) in [4.78, 5) is 2.05. The Bertz CT molecular complexity index is 412. The van der Waals surface area contributed by atoms with Crippen molar-refractivity contribution < 1.29 is 18.3 Å². The van der Waals surface area contributed by atoms with Gasteiger partial charge < -0.3 is 14.8 Å². The lowest BCUT2D eigenvalue weighted by Gasteiger charge is -2.28. The summed E-state index contributed by atoms with van der Waals surface area (Å²) in [6, 6.07) is 6.87. The Kier molecular flexibility index (Phi) is 5.70. The van der Waals surface area contributed by atoms with Gasteiger partial charge in [-0.25, -0.2) is 0 Å². The number of likely N-dealkylation sites (N-methyl/N-ethyl adjacent to an activating group) is 1. The first-order valence-corrected chi connectivity index (χ1v) is 6.68. The van der Waals surface area contributed by atoms with Gasteiger partial charge in [-0.3, -0.25) is 4.90 Å². The van der Waals surface area contributed by atoms with Crippen molar-refractivity contribution in [2.45, 2.75) is 19.3 Å². The van der Waals surface area contributed by atoms with Gasteiger partial charge in [-0.1, -0.05) is 18.2 Å². The number of rotatable bonds is 6. The molecule has 0 spiro atoms. The highest BCUT2D eigenvalue weighted by Gasteiger charge is 2.17. The molecular weight excluding hydrogens is 266 g/mol. The summed E-state index contributed by atoms with van der Waals surface area (Å²) in [5.41, 5.74) is 0.749. The number of ether oxygens (including phenoxy) is 2. The number of para-hydroxylation sites is 1. The molecule has 4 nitrogen and oxygen atoms in total. The lowest BCUT2D eigenvalue weighted by molar-refractivity contribution is -0.0509. The molecule has 0 radical (unpaired) electrons. The van der Waals surface area contributed by atoms with Gasteiger partial charge in [0.2, 0.25) is 0 Å². The minimum Gasteiger partial charge on any atom is -0.434 e. The van der Waals surface area contributed by atoms with Gasteiger partial charge in [0.25, 0.3) is 0 Å². The summed E-state index contributed by atoms with van der Waals surface area (Å²) in [6.07, 6.45) is 0.136. The van der Waals surface area contributed by atoms with E-state index in [-0.39, 0.29) is 11.9 Å². The van der Waals surface area contributed by atoms with Crippen LogP contribution >= 0.6 is 0 Å². The highest BCUT2D eigenvalue weighted by Crippen LogP contribution is 2.21. The summed E-state index contributed by atoms with van der Waals surface area (Å²) < 4.78 is 34.9. The van der Waals surface area contributed by atoms with E-state index in [0.29, 0.717) is 13.2 Å². The molecular formula is C14H20F2N2O2. The molecule has 2 rings (SSSR count). The van der Waals surface area contributed by atoms with Crippen LogP contribution in [0.1, 0.15) is 5.56 Å². The van der Waals surface area contributed by atoms with Crippen LogP contribution in [0.3, 0.4) is 0 Å². The van der Waals surface area contributed by atoms with Crippen LogP contribution in [0.2, 0.25) is 0 Å². The van der Waals surface area contributed by atoms with Crippen LogP contribution < -0.4 is 10.1 Å². The van der Waals surface area contributed by atoms with Gasteiger partial charge in [0.05, 0.1) is 12.7 Å². The molecule has 1 aliphatic heterocycles. The lowest BCUT2D eigenvalue weighted by atomic mass is 10.2.